The molecule has 0 saturated heterocycles. The highest BCUT2D eigenvalue weighted by Gasteiger charge is 2.08. The molecule has 1 unspecified atom stereocenters. The third-order valence-electron chi connectivity index (χ3n) is 2.43. The van der Waals surface area contributed by atoms with Crippen molar-refractivity contribution in [2.45, 2.75) is 32.4 Å². The Morgan fingerprint density at radius 1 is 1.40 bits per heavy atom. The Morgan fingerprint density at radius 2 is 2.00 bits per heavy atom. The summed E-state index contributed by atoms with van der Waals surface area (Å²) in [5, 5.41) is 3.40. The van der Waals surface area contributed by atoms with Gasteiger partial charge in [0.15, 0.2) is 0 Å². The molecular weight excluding hydrogens is 250 g/mol. The summed E-state index contributed by atoms with van der Waals surface area (Å²) in [6, 6.07) is 8.74. The number of hydrogen-bond acceptors (Lipinski definition) is 1. The van der Waals surface area contributed by atoms with Crippen molar-refractivity contribution in [1.29, 1.82) is 0 Å². The van der Waals surface area contributed by atoms with Gasteiger partial charge >= 0.3 is 0 Å². The van der Waals surface area contributed by atoms with Crippen LogP contribution in [-0.2, 0) is 0 Å². The van der Waals surface area contributed by atoms with E-state index in [1.165, 1.54) is 5.56 Å². The predicted molar refractivity (Wildman–Crippen MR) is 68.6 cm³/mol. The first-order valence-corrected chi connectivity index (χ1v) is 5.94. The predicted octanol–water partition coefficient (Wildman–Crippen LogP) is 3.51. The summed E-state index contributed by atoms with van der Waals surface area (Å²) in [6.07, 6.45) is 6.37. The average molecular weight is 266 g/mol. The monoisotopic (exact) mass is 265 g/mol. The van der Waals surface area contributed by atoms with Crippen LogP contribution in [0.2, 0.25) is 0 Å². The Bertz CT molecular complexity index is 337. The zero-order valence-corrected chi connectivity index (χ0v) is 10.7. The first-order valence-electron chi connectivity index (χ1n) is 5.15. The maximum atomic E-state index is 5.41. The van der Waals surface area contributed by atoms with E-state index in [4.69, 9.17) is 6.42 Å². The lowest BCUT2D eigenvalue weighted by atomic mass is 10.1. The minimum absolute atomic E-state index is 0.156. The minimum Gasteiger partial charge on any atom is -0.297 e. The first kappa shape index (κ1) is 12.3. The average Bonchev–Trinajstić information content (AvgIpc) is 2.26. The normalized spacial score (nSPS) is 14.3. The second-order valence-corrected chi connectivity index (χ2v) is 4.48. The van der Waals surface area contributed by atoms with Gasteiger partial charge in [-0.05, 0) is 31.0 Å². The first-order chi connectivity index (χ1) is 7.17. The highest BCUT2D eigenvalue weighted by Crippen LogP contribution is 2.17. The van der Waals surface area contributed by atoms with Crippen LogP contribution in [0, 0.1) is 12.3 Å². The Hall–Kier alpha value is -0.780. The summed E-state index contributed by atoms with van der Waals surface area (Å²) < 4.78 is 1.10. The fourth-order valence-corrected chi connectivity index (χ4v) is 1.70. The molecule has 1 aromatic rings. The molecule has 0 aliphatic heterocycles. The van der Waals surface area contributed by atoms with Gasteiger partial charge in [-0.15, -0.1) is 6.42 Å². The highest BCUT2D eigenvalue weighted by molar-refractivity contribution is 9.10. The van der Waals surface area contributed by atoms with E-state index in [0.29, 0.717) is 6.04 Å². The molecule has 1 N–H and O–H groups in total. The van der Waals surface area contributed by atoms with Crippen molar-refractivity contribution < 1.29 is 0 Å². The molecule has 0 aliphatic rings. The molecular formula is C13H16BrN. The quantitative estimate of drug-likeness (QED) is 0.822. The van der Waals surface area contributed by atoms with E-state index < -0.39 is 0 Å². The van der Waals surface area contributed by atoms with Crippen LogP contribution in [0.25, 0.3) is 0 Å². The van der Waals surface area contributed by atoms with Gasteiger partial charge in [0.25, 0.3) is 0 Å². The summed E-state index contributed by atoms with van der Waals surface area (Å²) in [7, 11) is 0. The van der Waals surface area contributed by atoms with E-state index in [1.807, 2.05) is 12.1 Å². The Balaban J connectivity index is 2.65. The zero-order chi connectivity index (χ0) is 11.3. The van der Waals surface area contributed by atoms with Crippen molar-refractivity contribution in [3.05, 3.63) is 34.3 Å². The van der Waals surface area contributed by atoms with Gasteiger partial charge in [-0.25, -0.2) is 0 Å². The fourth-order valence-electron chi connectivity index (χ4n) is 1.43. The Kier molecular flexibility index (Phi) is 4.87. The molecule has 0 aliphatic carbocycles. The van der Waals surface area contributed by atoms with Gasteiger partial charge in [-0.3, -0.25) is 5.32 Å². The molecule has 2 atom stereocenters. The second kappa shape index (κ2) is 5.95. The molecule has 2 heteroatoms. The largest absolute Gasteiger partial charge is 0.297 e. The topological polar surface area (TPSA) is 12.0 Å². The van der Waals surface area contributed by atoms with E-state index in [0.717, 1.165) is 10.9 Å². The van der Waals surface area contributed by atoms with Crippen molar-refractivity contribution in [1.82, 2.24) is 5.32 Å². The Morgan fingerprint density at radius 3 is 2.47 bits per heavy atom. The summed E-state index contributed by atoms with van der Waals surface area (Å²) in [4.78, 5) is 0. The van der Waals surface area contributed by atoms with Crippen LogP contribution in [-0.4, -0.2) is 6.04 Å². The van der Waals surface area contributed by atoms with Gasteiger partial charge in [0.05, 0.1) is 6.04 Å². The molecule has 0 heterocycles. The van der Waals surface area contributed by atoms with Gasteiger partial charge in [0, 0.05) is 10.5 Å². The molecule has 0 bridgehead atoms. The number of halogens is 1. The van der Waals surface area contributed by atoms with Gasteiger partial charge in [0.1, 0.15) is 0 Å². The van der Waals surface area contributed by atoms with Crippen LogP contribution in [0.4, 0.5) is 0 Å². The molecule has 15 heavy (non-hydrogen) atoms. The number of benzene rings is 1. The summed E-state index contributed by atoms with van der Waals surface area (Å²) in [5.74, 6) is 2.74. The van der Waals surface area contributed by atoms with E-state index in [2.05, 4.69) is 53.1 Å². The molecule has 1 aromatic carbocycles. The summed E-state index contributed by atoms with van der Waals surface area (Å²) in [5.41, 5.74) is 1.26. The van der Waals surface area contributed by atoms with Gasteiger partial charge in [-0.1, -0.05) is 40.9 Å². The lowest BCUT2D eigenvalue weighted by Gasteiger charge is -2.18. The van der Waals surface area contributed by atoms with Crippen LogP contribution >= 0.6 is 15.9 Å². The fraction of sp³-hybridized carbons (Fsp3) is 0.385. The van der Waals surface area contributed by atoms with Crippen LogP contribution in [0.1, 0.15) is 31.9 Å². The third kappa shape index (κ3) is 3.70. The van der Waals surface area contributed by atoms with Crippen LogP contribution < -0.4 is 5.32 Å². The molecule has 0 fully saturated rings. The number of terminal acetylenes is 1. The van der Waals surface area contributed by atoms with E-state index in [9.17, 15) is 0 Å². The van der Waals surface area contributed by atoms with Gasteiger partial charge in [0.2, 0.25) is 0 Å². The summed E-state index contributed by atoms with van der Waals surface area (Å²) in [6.45, 7) is 4.22. The second-order valence-electron chi connectivity index (χ2n) is 3.57. The molecule has 0 radical (unpaired) electrons. The van der Waals surface area contributed by atoms with Gasteiger partial charge < -0.3 is 0 Å². The minimum atomic E-state index is 0.156. The molecule has 0 spiro atoms. The lowest BCUT2D eigenvalue weighted by Crippen LogP contribution is -2.29. The number of rotatable bonds is 4. The SMILES string of the molecule is C#CC(CC)N[C@H](C)c1ccc(Br)cc1. The molecule has 0 aromatic heterocycles. The van der Waals surface area contributed by atoms with Crippen LogP contribution in [0.15, 0.2) is 28.7 Å². The smallest absolute Gasteiger partial charge is 0.0688 e. The molecule has 1 rings (SSSR count). The van der Waals surface area contributed by atoms with Crippen molar-refractivity contribution in [3.63, 3.8) is 0 Å². The molecule has 80 valence electrons. The zero-order valence-electron chi connectivity index (χ0n) is 9.13. The van der Waals surface area contributed by atoms with Gasteiger partial charge in [-0.2, -0.15) is 0 Å². The van der Waals surface area contributed by atoms with E-state index >= 15 is 0 Å². The maximum Gasteiger partial charge on any atom is 0.0688 e. The molecule has 0 amide bonds. The highest BCUT2D eigenvalue weighted by atomic mass is 79.9. The van der Waals surface area contributed by atoms with Crippen molar-refractivity contribution >= 4 is 15.9 Å². The van der Waals surface area contributed by atoms with Crippen molar-refractivity contribution in [2.75, 3.05) is 0 Å². The Labute approximate surface area is 100 Å². The van der Waals surface area contributed by atoms with E-state index in [1.54, 1.807) is 0 Å². The summed E-state index contributed by atoms with van der Waals surface area (Å²) >= 11 is 3.42. The molecule has 1 nitrogen and oxygen atoms in total. The lowest BCUT2D eigenvalue weighted by molar-refractivity contribution is 0.512. The van der Waals surface area contributed by atoms with E-state index in [-0.39, 0.29) is 6.04 Å². The van der Waals surface area contributed by atoms with Crippen molar-refractivity contribution in [3.8, 4) is 12.3 Å². The number of nitrogens with one attached hydrogen (secondary N) is 1. The molecule has 0 saturated carbocycles. The van der Waals surface area contributed by atoms with Crippen LogP contribution in [0.5, 0.6) is 0 Å². The standard InChI is InChI=1S/C13H16BrN/c1-4-13(5-2)15-10(3)11-6-8-12(14)9-7-11/h1,6-10,13,15H,5H2,2-3H3/t10-,13?/m1/s1. The van der Waals surface area contributed by atoms with Crippen LogP contribution in [0.3, 0.4) is 0 Å². The third-order valence-corrected chi connectivity index (χ3v) is 2.96. The number of hydrogen-bond donors (Lipinski definition) is 1. The maximum absolute atomic E-state index is 5.41. The van der Waals surface area contributed by atoms with Crippen molar-refractivity contribution in [2.24, 2.45) is 0 Å².